The van der Waals surface area contributed by atoms with E-state index in [-0.39, 0.29) is 0 Å². The van der Waals surface area contributed by atoms with Crippen molar-refractivity contribution in [2.75, 3.05) is 13.1 Å². The van der Waals surface area contributed by atoms with Crippen molar-refractivity contribution >= 4 is 41.4 Å². The Morgan fingerprint density at radius 1 is 0.621 bits per heavy atom. The normalized spacial score (nSPS) is 23.2. The zero-order valence-electron chi connectivity index (χ0n) is 32.4. The number of fused-ring (bicyclic) bond motifs is 12. The van der Waals surface area contributed by atoms with Gasteiger partial charge in [0.1, 0.15) is 17.4 Å². The summed E-state index contributed by atoms with van der Waals surface area (Å²) >= 11 is 6.09. The van der Waals surface area contributed by atoms with Crippen LogP contribution in [-0.2, 0) is 13.1 Å². The van der Waals surface area contributed by atoms with E-state index in [1.165, 1.54) is 92.7 Å². The Morgan fingerprint density at radius 3 is 1.62 bits per heavy atom. The molecular formula is C46H45BClN8O2. The fourth-order valence-electron chi connectivity index (χ4n) is 10.2. The highest BCUT2D eigenvalue weighted by Crippen LogP contribution is 2.44. The Labute approximate surface area is 344 Å². The Hall–Kier alpha value is -5.17. The molecule has 1 radical (unpaired) electrons. The number of rotatable bonds is 5. The summed E-state index contributed by atoms with van der Waals surface area (Å²) < 4.78 is 9.56. The summed E-state index contributed by atoms with van der Waals surface area (Å²) in [6.45, 7) is 4.61. The second-order valence-electron chi connectivity index (χ2n) is 16.8. The average molecular weight is 788 g/mol. The van der Waals surface area contributed by atoms with Gasteiger partial charge in [-0.1, -0.05) is 42.6 Å². The van der Waals surface area contributed by atoms with E-state index < -0.39 is 0 Å². The summed E-state index contributed by atoms with van der Waals surface area (Å²) in [6, 6.07) is 34.2. The van der Waals surface area contributed by atoms with Crippen LogP contribution in [0.2, 0.25) is 5.02 Å². The predicted octanol–water partition coefficient (Wildman–Crippen LogP) is 8.18. The first-order valence-electron chi connectivity index (χ1n) is 20.8. The number of nitriles is 2. The van der Waals surface area contributed by atoms with Crippen molar-refractivity contribution in [1.82, 2.24) is 28.9 Å². The molecule has 4 aromatic carbocycles. The van der Waals surface area contributed by atoms with Crippen molar-refractivity contribution in [2.45, 2.75) is 100 Å². The molecule has 12 heteroatoms. The van der Waals surface area contributed by atoms with Crippen LogP contribution in [0, 0.1) is 22.7 Å². The van der Waals surface area contributed by atoms with Gasteiger partial charge in [0.05, 0.1) is 45.3 Å². The molecule has 58 heavy (non-hydrogen) atoms. The van der Waals surface area contributed by atoms with Gasteiger partial charge < -0.3 is 18.8 Å². The van der Waals surface area contributed by atoms with Gasteiger partial charge in [0, 0.05) is 67.2 Å². The lowest BCUT2D eigenvalue weighted by molar-refractivity contribution is 0.108. The largest absolute Gasteiger partial charge is 0.569 e. The standard InChI is InChI=1S/C23H22N4.C16H18ClN3.C7H5BNO2/c24-12-15-4-6-16(7-5-15)17-8-9-22-21(11-17)25-23-18-10-20(14-27(22)23)26(13-18)19-2-1-3-19;17-11-4-5-15-14(7-11)18-16-10-6-13(9-20(15)16)19(8-10)12-2-1-3-12;9-5-6-1-3-7(4-2-6)11-8-10/h4-9,11,18-20H,1-3,10,13-14H2;4-5,7,10,12-13H,1-3,6,8-9H2;1-4,10H. The molecular weight excluding hydrogens is 743 g/mol. The van der Waals surface area contributed by atoms with Gasteiger partial charge in [0.25, 0.3) is 0 Å². The third kappa shape index (κ3) is 6.84. The van der Waals surface area contributed by atoms with Gasteiger partial charge in [0.15, 0.2) is 0 Å². The maximum absolute atomic E-state index is 8.99. The number of likely N-dealkylation sites (tertiary alicyclic amines) is 2. The first kappa shape index (κ1) is 37.1. The average Bonchev–Trinajstić information content (AvgIpc) is 3.96. The third-order valence-corrected chi connectivity index (χ3v) is 13.8. The van der Waals surface area contributed by atoms with Crippen molar-refractivity contribution in [2.24, 2.45) is 0 Å². The van der Waals surface area contributed by atoms with Gasteiger partial charge in [0.2, 0.25) is 0 Å². The molecule has 4 fully saturated rings. The summed E-state index contributed by atoms with van der Waals surface area (Å²) in [4.78, 5) is 15.5. The van der Waals surface area contributed by atoms with E-state index in [9.17, 15) is 0 Å². The number of halogens is 1. The third-order valence-electron chi connectivity index (χ3n) is 13.6. The molecule has 2 saturated heterocycles. The Kier molecular flexibility index (Phi) is 9.95. The quantitative estimate of drug-likeness (QED) is 0.174. The Balaban J connectivity index is 0.000000116. The van der Waals surface area contributed by atoms with Crippen molar-refractivity contribution in [3.8, 4) is 29.0 Å². The van der Waals surface area contributed by atoms with E-state index in [0.717, 1.165) is 52.8 Å². The summed E-state index contributed by atoms with van der Waals surface area (Å²) in [5.41, 5.74) is 8.27. The van der Waals surface area contributed by atoms with E-state index in [1.54, 1.807) is 24.3 Å². The SMILES string of the molecule is Clc1ccc2c(c1)nc1n2CC2CC1CN2C1CCC1.N#Cc1ccc(-c2ccc3c(c2)nc2n3CC3CC2CN3C2CCC2)cc1.N#Cc1ccc(O[B]O)cc1. The minimum atomic E-state index is 0.506. The number of imidazole rings is 2. The van der Waals surface area contributed by atoms with E-state index in [0.29, 0.717) is 42.4 Å². The molecule has 2 saturated carbocycles. The molecule has 2 aliphatic carbocycles. The fraction of sp³-hybridized carbons (Fsp3) is 0.391. The molecule has 12 rings (SSSR count). The highest BCUT2D eigenvalue weighted by molar-refractivity contribution is 6.31. The van der Waals surface area contributed by atoms with Crippen molar-refractivity contribution in [3.05, 3.63) is 113 Å². The molecule has 4 atom stereocenters. The topological polar surface area (TPSA) is 119 Å². The molecule has 1 N–H and O–H groups in total. The van der Waals surface area contributed by atoms with Gasteiger partial charge in [-0.2, -0.15) is 10.5 Å². The zero-order valence-corrected chi connectivity index (χ0v) is 33.2. The molecule has 6 heterocycles. The van der Waals surface area contributed by atoms with Crippen LogP contribution in [-0.4, -0.2) is 78.9 Å². The van der Waals surface area contributed by atoms with Crippen LogP contribution in [0.5, 0.6) is 5.75 Å². The summed E-state index contributed by atoms with van der Waals surface area (Å²) in [6.07, 6.45) is 11.0. The number of benzene rings is 4. The molecule has 6 aliphatic rings. The van der Waals surface area contributed by atoms with Gasteiger partial charge >= 0.3 is 7.69 Å². The molecule has 0 spiro atoms. The molecule has 0 amide bonds. The zero-order chi connectivity index (χ0) is 39.3. The van der Waals surface area contributed by atoms with Crippen LogP contribution in [0.25, 0.3) is 33.2 Å². The minimum Gasteiger partial charge on any atom is -0.537 e. The van der Waals surface area contributed by atoms with Crippen LogP contribution in [0.3, 0.4) is 0 Å². The Morgan fingerprint density at radius 2 is 1.12 bits per heavy atom. The maximum Gasteiger partial charge on any atom is 0.569 e. The number of aromatic nitrogens is 4. The van der Waals surface area contributed by atoms with Crippen LogP contribution in [0.1, 0.15) is 86.0 Å². The number of nitrogens with zero attached hydrogens (tertiary/aromatic N) is 8. The lowest BCUT2D eigenvalue weighted by atomic mass is 9.91. The second-order valence-corrected chi connectivity index (χ2v) is 17.2. The monoisotopic (exact) mass is 787 g/mol. The highest BCUT2D eigenvalue weighted by atomic mass is 35.5. The van der Waals surface area contributed by atoms with Gasteiger partial charge in [-0.25, -0.2) is 9.97 Å². The van der Waals surface area contributed by atoms with Crippen LogP contribution in [0.4, 0.5) is 0 Å². The molecule has 4 bridgehead atoms. The minimum absolute atomic E-state index is 0.506. The van der Waals surface area contributed by atoms with Gasteiger partial charge in [-0.15, -0.1) is 0 Å². The maximum atomic E-state index is 8.99. The van der Waals surface area contributed by atoms with Crippen LogP contribution >= 0.6 is 11.6 Å². The van der Waals surface area contributed by atoms with E-state index in [1.807, 2.05) is 42.5 Å². The van der Waals surface area contributed by atoms with Gasteiger partial charge in [-0.05, 0) is 116 Å². The highest BCUT2D eigenvalue weighted by Gasteiger charge is 2.45. The fourth-order valence-corrected chi connectivity index (χ4v) is 10.4. The molecule has 2 aromatic heterocycles. The predicted molar refractivity (Wildman–Crippen MR) is 225 cm³/mol. The van der Waals surface area contributed by atoms with Crippen molar-refractivity contribution < 1.29 is 9.68 Å². The lowest BCUT2D eigenvalue weighted by Crippen LogP contribution is -2.44. The smallest absolute Gasteiger partial charge is 0.537 e. The van der Waals surface area contributed by atoms with Crippen molar-refractivity contribution in [3.63, 3.8) is 0 Å². The number of hydrogen-bond donors (Lipinski definition) is 1. The Bertz CT molecular complexity index is 2550. The van der Waals surface area contributed by atoms with E-state index in [4.69, 9.17) is 37.1 Å². The summed E-state index contributed by atoms with van der Waals surface area (Å²) in [7, 11) is 0.599. The van der Waals surface area contributed by atoms with Crippen LogP contribution < -0.4 is 4.65 Å². The molecule has 4 unspecified atom stereocenters. The van der Waals surface area contributed by atoms with Crippen molar-refractivity contribution in [1.29, 1.82) is 10.5 Å². The molecule has 6 aromatic rings. The summed E-state index contributed by atoms with van der Waals surface area (Å²) in [5.74, 6) is 4.31. The molecule has 291 valence electrons. The van der Waals surface area contributed by atoms with Crippen LogP contribution in [0.15, 0.2) is 84.9 Å². The first-order chi connectivity index (χ1) is 28.5. The number of hydrogen-bond acceptors (Lipinski definition) is 8. The van der Waals surface area contributed by atoms with E-state index in [2.05, 4.69) is 53.9 Å². The van der Waals surface area contributed by atoms with Gasteiger partial charge in [-0.3, -0.25) is 9.80 Å². The first-order valence-corrected chi connectivity index (χ1v) is 21.1. The lowest BCUT2D eigenvalue weighted by Gasteiger charge is -2.38. The molecule has 4 aliphatic heterocycles. The molecule has 10 nitrogen and oxygen atoms in total. The van der Waals surface area contributed by atoms with E-state index >= 15 is 0 Å². The summed E-state index contributed by atoms with van der Waals surface area (Å²) in [5, 5.41) is 26.4. The second kappa shape index (κ2) is 15.5.